The molecule has 2 N–H and O–H groups in total. The van der Waals surface area contributed by atoms with Crippen LogP contribution in [0, 0.1) is 11.7 Å². The van der Waals surface area contributed by atoms with Gasteiger partial charge in [0.2, 0.25) is 0 Å². The fourth-order valence-electron chi connectivity index (χ4n) is 1.12. The maximum absolute atomic E-state index is 13.2. The van der Waals surface area contributed by atoms with Crippen LogP contribution in [0.2, 0.25) is 0 Å². The molecule has 0 aliphatic rings. The van der Waals surface area contributed by atoms with Gasteiger partial charge in [0.05, 0.1) is 0 Å². The number of hydrogen-bond acceptors (Lipinski definition) is 3. The molecule has 0 aliphatic heterocycles. The van der Waals surface area contributed by atoms with Gasteiger partial charge in [0.25, 0.3) is 0 Å². The molecule has 0 aliphatic carbocycles. The van der Waals surface area contributed by atoms with E-state index in [0.717, 1.165) is 28.7 Å². The summed E-state index contributed by atoms with van der Waals surface area (Å²) >= 11 is 3.47. The van der Waals surface area contributed by atoms with Crippen molar-refractivity contribution in [3.8, 4) is 0 Å². The highest BCUT2D eigenvalue weighted by Crippen LogP contribution is 2.22. The van der Waals surface area contributed by atoms with E-state index in [1.807, 2.05) is 23.9 Å². The lowest BCUT2D eigenvalue weighted by Crippen LogP contribution is -2.13. The van der Waals surface area contributed by atoms with Gasteiger partial charge in [-0.3, -0.25) is 0 Å². The minimum atomic E-state index is -0.118. The molecule has 1 aromatic carbocycles. The van der Waals surface area contributed by atoms with Crippen LogP contribution in [0.25, 0.3) is 0 Å². The standard InChI is InChI=1S/C12H18FNS2/c1-10(8-14)9-15-6-7-16-12-5-3-2-4-11(12)13/h2-5,10H,6-9,14H2,1H3. The van der Waals surface area contributed by atoms with E-state index in [9.17, 15) is 4.39 Å². The molecule has 0 heterocycles. The summed E-state index contributed by atoms with van der Waals surface area (Å²) < 4.78 is 13.2. The van der Waals surface area contributed by atoms with E-state index in [-0.39, 0.29) is 5.82 Å². The topological polar surface area (TPSA) is 26.0 Å². The third-order valence-corrected chi connectivity index (χ3v) is 4.73. The zero-order chi connectivity index (χ0) is 11.8. The summed E-state index contributed by atoms with van der Waals surface area (Å²) in [6, 6.07) is 6.92. The van der Waals surface area contributed by atoms with Crippen LogP contribution in [0.1, 0.15) is 6.92 Å². The van der Waals surface area contributed by atoms with Gasteiger partial charge in [-0.05, 0) is 30.3 Å². The molecule has 0 spiro atoms. The van der Waals surface area contributed by atoms with E-state index in [0.29, 0.717) is 5.92 Å². The molecule has 0 bridgehead atoms. The van der Waals surface area contributed by atoms with Gasteiger partial charge >= 0.3 is 0 Å². The molecule has 0 saturated heterocycles. The second-order valence-electron chi connectivity index (χ2n) is 3.69. The van der Waals surface area contributed by atoms with Gasteiger partial charge in [0.1, 0.15) is 5.82 Å². The Morgan fingerprint density at radius 3 is 2.75 bits per heavy atom. The molecule has 16 heavy (non-hydrogen) atoms. The van der Waals surface area contributed by atoms with Gasteiger partial charge in [0, 0.05) is 16.4 Å². The second kappa shape index (κ2) is 7.98. The van der Waals surface area contributed by atoms with Gasteiger partial charge in [-0.1, -0.05) is 19.1 Å². The largest absolute Gasteiger partial charge is 0.330 e. The molecule has 1 atom stereocenters. The van der Waals surface area contributed by atoms with E-state index in [4.69, 9.17) is 5.73 Å². The predicted molar refractivity (Wildman–Crippen MR) is 72.7 cm³/mol. The molecule has 0 fully saturated rings. The molecule has 4 heteroatoms. The number of nitrogens with two attached hydrogens (primary N) is 1. The van der Waals surface area contributed by atoms with Gasteiger partial charge in [-0.25, -0.2) is 4.39 Å². The second-order valence-corrected chi connectivity index (χ2v) is 5.98. The molecular weight excluding hydrogens is 241 g/mol. The van der Waals surface area contributed by atoms with E-state index in [1.54, 1.807) is 17.8 Å². The number of rotatable bonds is 7. The Balaban J connectivity index is 2.14. The summed E-state index contributed by atoms with van der Waals surface area (Å²) in [5, 5.41) is 0. The van der Waals surface area contributed by atoms with Crippen LogP contribution in [0.15, 0.2) is 29.2 Å². The number of halogens is 1. The van der Waals surface area contributed by atoms with Gasteiger partial charge < -0.3 is 5.73 Å². The quantitative estimate of drug-likeness (QED) is 0.601. The van der Waals surface area contributed by atoms with E-state index >= 15 is 0 Å². The summed E-state index contributed by atoms with van der Waals surface area (Å²) in [6.45, 7) is 2.89. The number of benzene rings is 1. The Morgan fingerprint density at radius 2 is 2.06 bits per heavy atom. The summed E-state index contributed by atoms with van der Waals surface area (Å²) in [5.74, 6) is 3.54. The average Bonchev–Trinajstić information content (AvgIpc) is 2.30. The fraction of sp³-hybridized carbons (Fsp3) is 0.500. The Kier molecular flexibility index (Phi) is 6.92. The first-order valence-corrected chi connectivity index (χ1v) is 7.53. The molecule has 90 valence electrons. The SMILES string of the molecule is CC(CN)CSCCSc1ccccc1F. The lowest BCUT2D eigenvalue weighted by Gasteiger charge is -2.07. The monoisotopic (exact) mass is 259 g/mol. The van der Waals surface area contributed by atoms with Crippen LogP contribution < -0.4 is 5.73 Å². The highest BCUT2D eigenvalue weighted by Gasteiger charge is 2.02. The maximum atomic E-state index is 13.2. The summed E-state index contributed by atoms with van der Waals surface area (Å²) in [5.41, 5.74) is 5.53. The Hall–Kier alpha value is -0.190. The van der Waals surface area contributed by atoms with Crippen molar-refractivity contribution in [1.29, 1.82) is 0 Å². The lowest BCUT2D eigenvalue weighted by atomic mass is 10.2. The molecule has 1 aromatic rings. The molecule has 1 unspecified atom stereocenters. The van der Waals surface area contributed by atoms with Crippen LogP contribution in [-0.4, -0.2) is 23.8 Å². The predicted octanol–water partition coefficient (Wildman–Crippen LogP) is 3.25. The molecule has 0 aromatic heterocycles. The van der Waals surface area contributed by atoms with Crippen molar-refractivity contribution in [1.82, 2.24) is 0 Å². The molecule has 1 nitrogen and oxygen atoms in total. The zero-order valence-corrected chi connectivity index (χ0v) is 11.1. The fourth-order valence-corrected chi connectivity index (χ4v) is 3.24. The van der Waals surface area contributed by atoms with Crippen molar-refractivity contribution < 1.29 is 4.39 Å². The van der Waals surface area contributed by atoms with E-state index in [1.165, 1.54) is 6.07 Å². The van der Waals surface area contributed by atoms with Crippen LogP contribution in [-0.2, 0) is 0 Å². The summed E-state index contributed by atoms with van der Waals surface area (Å²) in [4.78, 5) is 0.745. The van der Waals surface area contributed by atoms with E-state index < -0.39 is 0 Å². The highest BCUT2D eigenvalue weighted by molar-refractivity contribution is 8.02. The van der Waals surface area contributed by atoms with Crippen LogP contribution in [0.3, 0.4) is 0 Å². The minimum Gasteiger partial charge on any atom is -0.330 e. The van der Waals surface area contributed by atoms with Gasteiger partial charge in [-0.15, -0.1) is 11.8 Å². The smallest absolute Gasteiger partial charge is 0.136 e. The molecule has 0 radical (unpaired) electrons. The van der Waals surface area contributed by atoms with Crippen LogP contribution in [0.5, 0.6) is 0 Å². The normalized spacial score (nSPS) is 12.7. The number of hydrogen-bond donors (Lipinski definition) is 1. The molecular formula is C12H18FNS2. The molecule has 1 rings (SSSR count). The maximum Gasteiger partial charge on any atom is 0.136 e. The first kappa shape index (κ1) is 13.9. The summed E-state index contributed by atoms with van der Waals surface area (Å²) in [6.07, 6.45) is 0. The summed E-state index contributed by atoms with van der Waals surface area (Å²) in [7, 11) is 0. The van der Waals surface area contributed by atoms with Gasteiger partial charge in [0.15, 0.2) is 0 Å². The van der Waals surface area contributed by atoms with Crippen molar-refractivity contribution >= 4 is 23.5 Å². The van der Waals surface area contributed by atoms with Crippen molar-refractivity contribution in [3.05, 3.63) is 30.1 Å². The zero-order valence-electron chi connectivity index (χ0n) is 9.49. The van der Waals surface area contributed by atoms with Crippen molar-refractivity contribution in [3.63, 3.8) is 0 Å². The van der Waals surface area contributed by atoms with E-state index in [2.05, 4.69) is 6.92 Å². The van der Waals surface area contributed by atoms with Crippen LogP contribution >= 0.6 is 23.5 Å². The lowest BCUT2D eigenvalue weighted by molar-refractivity contribution is 0.602. The third-order valence-electron chi connectivity index (χ3n) is 2.13. The molecule has 0 amide bonds. The molecule has 0 saturated carbocycles. The van der Waals surface area contributed by atoms with Crippen molar-refractivity contribution in [2.24, 2.45) is 11.7 Å². The average molecular weight is 259 g/mol. The highest BCUT2D eigenvalue weighted by atomic mass is 32.2. The first-order valence-electron chi connectivity index (χ1n) is 5.39. The minimum absolute atomic E-state index is 0.118. The Morgan fingerprint density at radius 1 is 1.31 bits per heavy atom. The van der Waals surface area contributed by atoms with Crippen molar-refractivity contribution in [2.45, 2.75) is 11.8 Å². The Bertz CT molecular complexity index is 307. The van der Waals surface area contributed by atoms with Crippen molar-refractivity contribution in [2.75, 3.05) is 23.8 Å². The van der Waals surface area contributed by atoms with Gasteiger partial charge in [-0.2, -0.15) is 11.8 Å². The van der Waals surface area contributed by atoms with Crippen LogP contribution in [0.4, 0.5) is 4.39 Å². The first-order chi connectivity index (χ1) is 7.74. The Labute approximate surface area is 105 Å². The number of thioether (sulfide) groups is 2. The third kappa shape index (κ3) is 5.23.